The normalized spacial score (nSPS) is 13.9. The highest BCUT2D eigenvalue weighted by atomic mass is 32.2. The van der Waals surface area contributed by atoms with Crippen LogP contribution in [-0.4, -0.2) is 45.0 Å². The number of fused-ring (bicyclic) bond motifs is 1. The third-order valence-corrected chi connectivity index (χ3v) is 7.24. The fourth-order valence-electron chi connectivity index (χ4n) is 2.95. The van der Waals surface area contributed by atoms with E-state index in [2.05, 4.69) is 0 Å². The van der Waals surface area contributed by atoms with Crippen molar-refractivity contribution >= 4 is 33.4 Å². The van der Waals surface area contributed by atoms with Crippen molar-refractivity contribution in [3.8, 4) is 0 Å². The predicted molar refractivity (Wildman–Crippen MR) is 106 cm³/mol. The summed E-state index contributed by atoms with van der Waals surface area (Å²) < 4.78 is 39.3. The summed E-state index contributed by atoms with van der Waals surface area (Å²) >= 11 is 1.37. The van der Waals surface area contributed by atoms with Crippen molar-refractivity contribution in [1.29, 1.82) is 0 Å². The Hall–Kier alpha value is -1.90. The van der Waals surface area contributed by atoms with Crippen molar-refractivity contribution in [2.24, 2.45) is 0 Å². The number of amides is 1. The number of benzene rings is 2. The number of halogens is 1. The topological polar surface area (TPSA) is 57.7 Å². The van der Waals surface area contributed by atoms with Crippen LogP contribution in [0.4, 0.5) is 10.1 Å². The SMILES string of the molecule is CN(C)S(=O)(=O)c1ccc2c(c1)CCN2C(=O)CSCc1ccccc1F. The Kier molecular flexibility index (Phi) is 5.88. The first kappa shape index (κ1) is 19.9. The van der Waals surface area contributed by atoms with Gasteiger partial charge >= 0.3 is 0 Å². The minimum Gasteiger partial charge on any atom is -0.311 e. The van der Waals surface area contributed by atoms with E-state index in [1.807, 2.05) is 0 Å². The van der Waals surface area contributed by atoms with Crippen LogP contribution in [0.3, 0.4) is 0 Å². The van der Waals surface area contributed by atoms with Gasteiger partial charge in [-0.05, 0) is 41.8 Å². The molecule has 0 saturated heterocycles. The summed E-state index contributed by atoms with van der Waals surface area (Å²) in [5.74, 6) is 0.349. The maximum Gasteiger partial charge on any atom is 0.242 e. The zero-order valence-corrected chi connectivity index (χ0v) is 16.8. The summed E-state index contributed by atoms with van der Waals surface area (Å²) in [4.78, 5) is 14.5. The highest BCUT2D eigenvalue weighted by molar-refractivity contribution is 7.99. The standard InChI is InChI=1S/C19H21FN2O3S2/c1-21(2)27(24,25)16-7-8-18-14(11-16)9-10-22(18)19(23)13-26-12-15-5-3-4-6-17(15)20/h3-8,11H,9-10,12-13H2,1-2H3. The molecule has 27 heavy (non-hydrogen) atoms. The lowest BCUT2D eigenvalue weighted by Gasteiger charge is -2.18. The molecule has 2 aromatic carbocycles. The van der Waals surface area contributed by atoms with Gasteiger partial charge < -0.3 is 4.90 Å². The number of anilines is 1. The first-order valence-corrected chi connectivity index (χ1v) is 11.1. The van der Waals surface area contributed by atoms with Crippen LogP contribution in [0, 0.1) is 5.82 Å². The second-order valence-corrected chi connectivity index (χ2v) is 9.59. The van der Waals surface area contributed by atoms with E-state index in [-0.39, 0.29) is 22.4 Å². The lowest BCUT2D eigenvalue weighted by atomic mass is 10.2. The molecular formula is C19H21FN2O3S2. The van der Waals surface area contributed by atoms with Gasteiger partial charge in [0.1, 0.15) is 5.82 Å². The molecule has 1 amide bonds. The fourth-order valence-corrected chi connectivity index (χ4v) is 4.79. The first-order chi connectivity index (χ1) is 12.8. The third-order valence-electron chi connectivity index (χ3n) is 4.47. The van der Waals surface area contributed by atoms with E-state index < -0.39 is 10.0 Å². The van der Waals surface area contributed by atoms with E-state index in [1.165, 1.54) is 42.3 Å². The number of rotatable bonds is 6. The van der Waals surface area contributed by atoms with Crippen molar-refractivity contribution in [2.45, 2.75) is 17.1 Å². The van der Waals surface area contributed by atoms with Crippen LogP contribution in [-0.2, 0) is 27.0 Å². The smallest absolute Gasteiger partial charge is 0.242 e. The molecule has 1 aliphatic heterocycles. The van der Waals surface area contributed by atoms with Gasteiger partial charge in [0.15, 0.2) is 0 Å². The number of sulfonamides is 1. The van der Waals surface area contributed by atoms with Crippen molar-refractivity contribution in [3.63, 3.8) is 0 Å². The number of hydrogen-bond acceptors (Lipinski definition) is 4. The largest absolute Gasteiger partial charge is 0.311 e. The second kappa shape index (κ2) is 8.00. The molecule has 2 aromatic rings. The van der Waals surface area contributed by atoms with E-state index in [1.54, 1.807) is 35.2 Å². The van der Waals surface area contributed by atoms with Crippen LogP contribution in [0.15, 0.2) is 47.4 Å². The van der Waals surface area contributed by atoms with E-state index in [0.717, 1.165) is 11.3 Å². The minimum atomic E-state index is -3.49. The molecule has 8 heteroatoms. The van der Waals surface area contributed by atoms with Crippen LogP contribution < -0.4 is 4.90 Å². The number of carbonyl (C=O) groups is 1. The maximum atomic E-state index is 13.6. The van der Waals surface area contributed by atoms with Crippen molar-refractivity contribution in [3.05, 3.63) is 59.4 Å². The Morgan fingerprint density at radius 1 is 1.22 bits per heavy atom. The molecule has 0 spiro atoms. The van der Waals surface area contributed by atoms with Crippen LogP contribution >= 0.6 is 11.8 Å². The summed E-state index contributed by atoms with van der Waals surface area (Å²) in [7, 11) is -0.512. The lowest BCUT2D eigenvalue weighted by Crippen LogP contribution is -2.30. The summed E-state index contributed by atoms with van der Waals surface area (Å²) in [5.41, 5.74) is 2.19. The van der Waals surface area contributed by atoms with Gasteiger partial charge in [-0.15, -0.1) is 11.8 Å². The number of carbonyl (C=O) groups excluding carboxylic acids is 1. The first-order valence-electron chi connectivity index (χ1n) is 8.47. The summed E-state index contributed by atoms with van der Waals surface area (Å²) in [6.45, 7) is 0.528. The number of nitrogens with zero attached hydrogens (tertiary/aromatic N) is 2. The van der Waals surface area contributed by atoms with Gasteiger partial charge in [0.05, 0.1) is 10.6 Å². The lowest BCUT2D eigenvalue weighted by molar-refractivity contribution is -0.116. The molecule has 0 radical (unpaired) electrons. The van der Waals surface area contributed by atoms with Gasteiger partial charge in [0, 0.05) is 32.1 Å². The molecule has 0 N–H and O–H groups in total. The van der Waals surface area contributed by atoms with E-state index >= 15 is 0 Å². The molecule has 0 aromatic heterocycles. The molecular weight excluding hydrogens is 387 g/mol. The van der Waals surface area contributed by atoms with Crippen molar-refractivity contribution in [1.82, 2.24) is 4.31 Å². The molecule has 0 bridgehead atoms. The zero-order chi connectivity index (χ0) is 19.6. The second-order valence-electron chi connectivity index (χ2n) is 6.46. The Morgan fingerprint density at radius 2 is 1.96 bits per heavy atom. The number of thioether (sulfide) groups is 1. The van der Waals surface area contributed by atoms with Crippen molar-refractivity contribution in [2.75, 3.05) is 31.3 Å². The Morgan fingerprint density at radius 3 is 2.67 bits per heavy atom. The molecule has 0 atom stereocenters. The van der Waals surface area contributed by atoms with Crippen molar-refractivity contribution < 1.29 is 17.6 Å². The quantitative estimate of drug-likeness (QED) is 0.738. The summed E-state index contributed by atoms with van der Waals surface area (Å²) in [6, 6.07) is 11.4. The molecule has 0 saturated carbocycles. The maximum absolute atomic E-state index is 13.6. The Labute approximate surface area is 163 Å². The average molecular weight is 409 g/mol. The minimum absolute atomic E-state index is 0.0571. The molecule has 0 unspecified atom stereocenters. The average Bonchev–Trinajstić information content (AvgIpc) is 3.06. The van der Waals surface area contributed by atoms with E-state index in [4.69, 9.17) is 0 Å². The molecule has 3 rings (SSSR count). The van der Waals surface area contributed by atoms with Gasteiger partial charge in [0.2, 0.25) is 15.9 Å². The summed E-state index contributed by atoms with van der Waals surface area (Å²) in [5, 5.41) is 0. The van der Waals surface area contributed by atoms with Crippen LogP contribution in [0.1, 0.15) is 11.1 Å². The third kappa shape index (κ3) is 4.17. The van der Waals surface area contributed by atoms with Gasteiger partial charge in [-0.1, -0.05) is 18.2 Å². The highest BCUT2D eigenvalue weighted by Crippen LogP contribution is 2.31. The van der Waals surface area contributed by atoms with E-state index in [0.29, 0.717) is 24.3 Å². The van der Waals surface area contributed by atoms with Crippen LogP contribution in [0.2, 0.25) is 0 Å². The van der Waals surface area contributed by atoms with Gasteiger partial charge in [0.25, 0.3) is 0 Å². The number of hydrogen-bond donors (Lipinski definition) is 0. The summed E-state index contributed by atoms with van der Waals surface area (Å²) in [6.07, 6.45) is 0.621. The van der Waals surface area contributed by atoms with Gasteiger partial charge in [-0.25, -0.2) is 17.1 Å². The molecule has 1 heterocycles. The van der Waals surface area contributed by atoms with E-state index in [9.17, 15) is 17.6 Å². The highest BCUT2D eigenvalue weighted by Gasteiger charge is 2.27. The molecule has 0 aliphatic carbocycles. The Bertz CT molecular complexity index is 961. The Balaban J connectivity index is 1.67. The zero-order valence-electron chi connectivity index (χ0n) is 15.2. The van der Waals surface area contributed by atoms with Crippen LogP contribution in [0.5, 0.6) is 0 Å². The molecule has 5 nitrogen and oxygen atoms in total. The molecule has 0 fully saturated rings. The molecule has 1 aliphatic rings. The monoisotopic (exact) mass is 408 g/mol. The fraction of sp³-hybridized carbons (Fsp3) is 0.316. The van der Waals surface area contributed by atoms with Crippen LogP contribution in [0.25, 0.3) is 0 Å². The van der Waals surface area contributed by atoms with Gasteiger partial charge in [-0.3, -0.25) is 4.79 Å². The molecule has 144 valence electrons. The van der Waals surface area contributed by atoms with Gasteiger partial charge in [-0.2, -0.15) is 0 Å². The predicted octanol–water partition coefficient (Wildman–Crippen LogP) is 2.90.